The van der Waals surface area contributed by atoms with Gasteiger partial charge in [0.25, 0.3) is 5.76 Å². The van der Waals surface area contributed by atoms with Crippen molar-refractivity contribution in [3.8, 4) is 0 Å². The Morgan fingerprint density at radius 1 is 1.19 bits per heavy atom. The van der Waals surface area contributed by atoms with E-state index >= 15 is 0 Å². The maximum absolute atomic E-state index is 12.6. The highest BCUT2D eigenvalue weighted by molar-refractivity contribution is 7.99. The average Bonchev–Trinajstić information content (AvgIpc) is 2.64. The molecule has 0 atom stereocenters. The Labute approximate surface area is 163 Å². The molecule has 150 valence electrons. The molecule has 1 saturated heterocycles. The van der Waals surface area contributed by atoms with Gasteiger partial charge in [0, 0.05) is 29.9 Å². The Morgan fingerprint density at radius 2 is 1.81 bits per heavy atom. The van der Waals surface area contributed by atoms with Gasteiger partial charge in [-0.05, 0) is 37.8 Å². The summed E-state index contributed by atoms with van der Waals surface area (Å²) in [7, 11) is 0. The molecule has 0 spiro atoms. The summed E-state index contributed by atoms with van der Waals surface area (Å²) in [6.07, 6.45) is 3.05. The first-order valence-corrected chi connectivity index (χ1v) is 10.2. The van der Waals surface area contributed by atoms with Gasteiger partial charge >= 0.3 is 6.03 Å². The molecular formula is C19H27F2N3O2S. The first-order chi connectivity index (χ1) is 12.9. The molecule has 2 rings (SSSR count). The van der Waals surface area contributed by atoms with Gasteiger partial charge in [-0.15, -0.1) is 0 Å². The lowest BCUT2D eigenvalue weighted by atomic mass is 9.98. The van der Waals surface area contributed by atoms with Crippen molar-refractivity contribution in [1.29, 1.82) is 0 Å². The van der Waals surface area contributed by atoms with Crippen LogP contribution in [-0.2, 0) is 4.79 Å². The summed E-state index contributed by atoms with van der Waals surface area (Å²) in [5, 5.41) is 5.53. The van der Waals surface area contributed by atoms with E-state index in [1.54, 1.807) is 24.3 Å². The summed E-state index contributed by atoms with van der Waals surface area (Å²) >= 11 is 0.403. The largest absolute Gasteiger partial charge is 0.342 e. The summed E-state index contributed by atoms with van der Waals surface area (Å²) in [6.45, 7) is 5.29. The van der Waals surface area contributed by atoms with Crippen molar-refractivity contribution in [2.75, 3.05) is 18.4 Å². The Kier molecular flexibility index (Phi) is 8.34. The zero-order valence-corrected chi connectivity index (χ0v) is 16.5. The maximum Gasteiger partial charge on any atom is 0.319 e. The smallest absolute Gasteiger partial charge is 0.319 e. The van der Waals surface area contributed by atoms with Crippen molar-refractivity contribution in [3.63, 3.8) is 0 Å². The number of para-hydroxylation sites is 1. The number of hydrogen-bond donors (Lipinski definition) is 2. The third-order valence-electron chi connectivity index (χ3n) is 4.83. The van der Waals surface area contributed by atoms with Crippen LogP contribution in [0.15, 0.2) is 29.2 Å². The fourth-order valence-electron chi connectivity index (χ4n) is 3.25. The molecule has 1 aromatic carbocycles. The molecule has 0 aliphatic carbocycles. The second-order valence-electron chi connectivity index (χ2n) is 6.59. The molecule has 0 unspecified atom stereocenters. The Hall–Kier alpha value is -1.83. The fraction of sp³-hybridized carbons (Fsp3) is 0.579. The third kappa shape index (κ3) is 6.37. The quantitative estimate of drug-likeness (QED) is 0.661. The minimum atomic E-state index is -2.55. The number of amides is 3. The normalized spacial score (nSPS) is 15.3. The minimum Gasteiger partial charge on any atom is -0.342 e. The van der Waals surface area contributed by atoms with Crippen LogP contribution >= 0.6 is 11.8 Å². The average molecular weight is 400 g/mol. The van der Waals surface area contributed by atoms with Crippen LogP contribution in [0, 0.1) is 5.92 Å². The number of halogens is 2. The maximum atomic E-state index is 12.6. The van der Waals surface area contributed by atoms with Gasteiger partial charge in [-0.2, -0.15) is 8.78 Å². The molecule has 0 bridgehead atoms. The number of anilines is 1. The monoisotopic (exact) mass is 399 g/mol. The number of urea groups is 1. The van der Waals surface area contributed by atoms with Gasteiger partial charge < -0.3 is 15.5 Å². The topological polar surface area (TPSA) is 61.4 Å². The molecule has 1 heterocycles. The molecule has 8 heteroatoms. The lowest BCUT2D eigenvalue weighted by Crippen LogP contribution is -2.48. The van der Waals surface area contributed by atoms with Crippen molar-refractivity contribution in [1.82, 2.24) is 10.2 Å². The molecule has 0 saturated carbocycles. The van der Waals surface area contributed by atoms with E-state index in [4.69, 9.17) is 0 Å². The molecule has 0 aromatic heterocycles. The summed E-state index contributed by atoms with van der Waals surface area (Å²) < 4.78 is 25.2. The van der Waals surface area contributed by atoms with Crippen molar-refractivity contribution in [2.45, 2.75) is 56.2 Å². The molecule has 1 aliphatic rings. The van der Waals surface area contributed by atoms with Crippen LogP contribution in [0.4, 0.5) is 19.3 Å². The highest BCUT2D eigenvalue weighted by Gasteiger charge is 2.27. The Balaban J connectivity index is 1.84. The Morgan fingerprint density at radius 3 is 2.41 bits per heavy atom. The number of alkyl halides is 2. The van der Waals surface area contributed by atoms with E-state index in [9.17, 15) is 18.4 Å². The van der Waals surface area contributed by atoms with E-state index in [-0.39, 0.29) is 17.9 Å². The van der Waals surface area contributed by atoms with Crippen molar-refractivity contribution in [2.24, 2.45) is 5.92 Å². The first-order valence-electron chi connectivity index (χ1n) is 9.34. The minimum absolute atomic E-state index is 0.0364. The zero-order chi connectivity index (χ0) is 19.8. The highest BCUT2D eigenvalue weighted by Crippen LogP contribution is 2.31. The number of nitrogens with one attached hydrogen (secondary N) is 2. The van der Waals surface area contributed by atoms with Gasteiger partial charge in [0.05, 0.1) is 5.69 Å². The molecule has 1 aliphatic heterocycles. The van der Waals surface area contributed by atoms with Crippen LogP contribution in [0.25, 0.3) is 0 Å². The number of piperidine rings is 1. The van der Waals surface area contributed by atoms with Crippen molar-refractivity contribution in [3.05, 3.63) is 24.3 Å². The number of likely N-dealkylation sites (tertiary alicyclic amines) is 1. The number of hydrogen-bond acceptors (Lipinski definition) is 3. The molecule has 5 nitrogen and oxygen atoms in total. The van der Waals surface area contributed by atoms with Gasteiger partial charge in [0.1, 0.15) is 0 Å². The van der Waals surface area contributed by atoms with Crippen LogP contribution in [-0.4, -0.2) is 41.7 Å². The van der Waals surface area contributed by atoms with Gasteiger partial charge in [0.2, 0.25) is 5.91 Å². The summed E-state index contributed by atoms with van der Waals surface area (Å²) in [5.41, 5.74) is 0.363. The SMILES string of the molecule is CCC(CC)C(=O)N1CCC(NC(=O)Nc2ccccc2SC(F)F)CC1. The lowest BCUT2D eigenvalue weighted by Gasteiger charge is -2.34. The van der Waals surface area contributed by atoms with Crippen molar-refractivity contribution >= 4 is 29.4 Å². The van der Waals surface area contributed by atoms with Gasteiger partial charge in [0.15, 0.2) is 0 Å². The molecule has 0 radical (unpaired) electrons. The van der Waals surface area contributed by atoms with Gasteiger partial charge in [-0.1, -0.05) is 37.7 Å². The summed E-state index contributed by atoms with van der Waals surface area (Å²) in [5.74, 6) is -2.28. The van der Waals surface area contributed by atoms with Crippen molar-refractivity contribution < 1.29 is 18.4 Å². The fourth-order valence-corrected chi connectivity index (χ4v) is 3.85. The predicted octanol–water partition coefficient (Wildman–Crippen LogP) is 4.55. The van der Waals surface area contributed by atoms with E-state index in [0.717, 1.165) is 12.8 Å². The lowest BCUT2D eigenvalue weighted by molar-refractivity contribution is -0.136. The van der Waals surface area contributed by atoms with Crippen LogP contribution in [0.5, 0.6) is 0 Å². The second kappa shape index (κ2) is 10.5. The standard InChI is InChI=1S/C19H27F2N3O2S/c1-3-13(4-2)17(25)24-11-9-14(10-12-24)22-19(26)23-15-7-5-6-8-16(15)27-18(20)21/h5-8,13-14,18H,3-4,9-12H2,1-2H3,(H2,22,23,26). The van der Waals surface area contributed by atoms with E-state index in [1.165, 1.54) is 0 Å². The highest BCUT2D eigenvalue weighted by atomic mass is 32.2. The predicted molar refractivity (Wildman–Crippen MR) is 104 cm³/mol. The van der Waals surface area contributed by atoms with Gasteiger partial charge in [-0.3, -0.25) is 4.79 Å². The molecule has 3 amide bonds. The first kappa shape index (κ1) is 21.5. The summed E-state index contributed by atoms with van der Waals surface area (Å²) in [4.78, 5) is 26.9. The summed E-state index contributed by atoms with van der Waals surface area (Å²) in [6, 6.07) is 6.04. The molecule has 27 heavy (non-hydrogen) atoms. The van der Waals surface area contributed by atoms with Crippen LogP contribution in [0.1, 0.15) is 39.5 Å². The molecule has 2 N–H and O–H groups in total. The van der Waals surface area contributed by atoms with Crippen LogP contribution in [0.3, 0.4) is 0 Å². The molecular weight excluding hydrogens is 372 g/mol. The van der Waals surface area contributed by atoms with Crippen LogP contribution < -0.4 is 10.6 Å². The number of carbonyl (C=O) groups is 2. The zero-order valence-electron chi connectivity index (χ0n) is 15.7. The van der Waals surface area contributed by atoms with E-state index < -0.39 is 11.8 Å². The molecule has 1 aromatic rings. The van der Waals surface area contributed by atoms with E-state index in [1.807, 2.05) is 18.7 Å². The van der Waals surface area contributed by atoms with Gasteiger partial charge in [-0.25, -0.2) is 4.79 Å². The number of benzene rings is 1. The number of rotatable bonds is 7. The van der Waals surface area contributed by atoms with E-state index in [0.29, 0.717) is 48.3 Å². The second-order valence-corrected chi connectivity index (χ2v) is 7.62. The Bertz CT molecular complexity index is 633. The number of carbonyl (C=O) groups excluding carboxylic acids is 2. The van der Waals surface area contributed by atoms with E-state index in [2.05, 4.69) is 10.6 Å². The van der Waals surface area contributed by atoms with Crippen LogP contribution in [0.2, 0.25) is 0 Å². The number of nitrogens with zero attached hydrogens (tertiary/aromatic N) is 1. The molecule has 1 fully saturated rings. The third-order valence-corrected chi connectivity index (χ3v) is 5.62. The number of thioether (sulfide) groups is 1.